The SMILES string of the molecule is CCNC(=NCc1ccnc(OC)c1)NCc1ccc(C)cc1OC. The maximum Gasteiger partial charge on any atom is 0.213 e. The first-order valence-corrected chi connectivity index (χ1v) is 8.31. The van der Waals surface area contributed by atoms with E-state index in [2.05, 4.69) is 32.7 Å². The molecule has 0 aliphatic heterocycles. The number of nitrogens with one attached hydrogen (secondary N) is 2. The highest BCUT2D eigenvalue weighted by Crippen LogP contribution is 2.19. The summed E-state index contributed by atoms with van der Waals surface area (Å²) in [6.07, 6.45) is 1.72. The van der Waals surface area contributed by atoms with Crippen molar-refractivity contribution < 1.29 is 9.47 Å². The Balaban J connectivity index is 2.04. The molecule has 2 N–H and O–H groups in total. The first-order valence-electron chi connectivity index (χ1n) is 8.31. The summed E-state index contributed by atoms with van der Waals surface area (Å²) < 4.78 is 10.6. The summed E-state index contributed by atoms with van der Waals surface area (Å²) in [5.74, 6) is 2.22. The molecule has 0 aliphatic rings. The second-order valence-corrected chi connectivity index (χ2v) is 5.57. The van der Waals surface area contributed by atoms with Crippen molar-refractivity contribution in [1.29, 1.82) is 0 Å². The van der Waals surface area contributed by atoms with Crippen molar-refractivity contribution in [3.05, 3.63) is 53.2 Å². The molecule has 0 radical (unpaired) electrons. The fraction of sp³-hybridized carbons (Fsp3) is 0.368. The molecule has 25 heavy (non-hydrogen) atoms. The number of aryl methyl sites for hydroxylation is 1. The number of benzene rings is 1. The van der Waals surface area contributed by atoms with E-state index in [1.165, 1.54) is 5.56 Å². The molecule has 0 spiro atoms. The first kappa shape index (κ1) is 18.6. The Morgan fingerprint density at radius 2 is 1.96 bits per heavy atom. The number of nitrogens with zero attached hydrogens (tertiary/aromatic N) is 2. The normalized spacial score (nSPS) is 11.1. The van der Waals surface area contributed by atoms with Gasteiger partial charge in [-0.1, -0.05) is 12.1 Å². The second kappa shape index (κ2) is 9.52. The minimum atomic E-state index is 0.541. The van der Waals surface area contributed by atoms with Crippen LogP contribution in [0.2, 0.25) is 0 Å². The van der Waals surface area contributed by atoms with Crippen LogP contribution in [-0.2, 0) is 13.1 Å². The lowest BCUT2D eigenvalue weighted by atomic mass is 10.1. The van der Waals surface area contributed by atoms with E-state index in [-0.39, 0.29) is 0 Å². The molecule has 0 atom stereocenters. The van der Waals surface area contributed by atoms with Crippen molar-refractivity contribution in [1.82, 2.24) is 15.6 Å². The Morgan fingerprint density at radius 3 is 2.68 bits per heavy atom. The Hall–Kier alpha value is -2.76. The number of aliphatic imine (C=N–C) groups is 1. The summed E-state index contributed by atoms with van der Waals surface area (Å²) in [5, 5.41) is 6.59. The van der Waals surface area contributed by atoms with Gasteiger partial charge in [-0.05, 0) is 37.1 Å². The highest BCUT2D eigenvalue weighted by atomic mass is 16.5. The topological polar surface area (TPSA) is 67.8 Å². The summed E-state index contributed by atoms with van der Waals surface area (Å²) >= 11 is 0. The van der Waals surface area contributed by atoms with Crippen LogP contribution in [0.4, 0.5) is 0 Å². The van der Waals surface area contributed by atoms with Crippen LogP contribution in [0.5, 0.6) is 11.6 Å². The van der Waals surface area contributed by atoms with E-state index < -0.39 is 0 Å². The van der Waals surface area contributed by atoms with E-state index in [0.717, 1.165) is 29.4 Å². The Kier molecular flexibility index (Phi) is 7.07. The van der Waals surface area contributed by atoms with Gasteiger partial charge in [0, 0.05) is 30.9 Å². The highest BCUT2D eigenvalue weighted by Gasteiger charge is 2.05. The van der Waals surface area contributed by atoms with Gasteiger partial charge in [-0.2, -0.15) is 0 Å². The molecule has 0 amide bonds. The number of methoxy groups -OCH3 is 2. The van der Waals surface area contributed by atoms with Crippen LogP contribution in [0, 0.1) is 6.92 Å². The van der Waals surface area contributed by atoms with E-state index in [1.807, 2.05) is 32.0 Å². The van der Waals surface area contributed by atoms with Gasteiger partial charge in [-0.25, -0.2) is 9.98 Å². The highest BCUT2D eigenvalue weighted by molar-refractivity contribution is 5.79. The van der Waals surface area contributed by atoms with Crippen molar-refractivity contribution in [2.75, 3.05) is 20.8 Å². The van der Waals surface area contributed by atoms with Crippen molar-refractivity contribution in [3.8, 4) is 11.6 Å². The number of ether oxygens (including phenoxy) is 2. The summed E-state index contributed by atoms with van der Waals surface area (Å²) in [6, 6.07) is 9.99. The quantitative estimate of drug-likeness (QED) is 0.598. The van der Waals surface area contributed by atoms with E-state index in [1.54, 1.807) is 20.4 Å². The number of guanidine groups is 1. The predicted octanol–water partition coefficient (Wildman–Crippen LogP) is 2.66. The third-order valence-corrected chi connectivity index (χ3v) is 3.66. The lowest BCUT2D eigenvalue weighted by molar-refractivity contribution is 0.397. The summed E-state index contributed by atoms with van der Waals surface area (Å²) in [4.78, 5) is 8.73. The maximum atomic E-state index is 5.45. The summed E-state index contributed by atoms with van der Waals surface area (Å²) in [6.45, 7) is 6.05. The van der Waals surface area contributed by atoms with Crippen LogP contribution in [0.1, 0.15) is 23.6 Å². The monoisotopic (exact) mass is 342 g/mol. The lowest BCUT2D eigenvalue weighted by Gasteiger charge is -2.14. The Bertz CT molecular complexity index is 716. The number of rotatable bonds is 7. The number of hydrogen-bond acceptors (Lipinski definition) is 4. The molecule has 1 heterocycles. The van der Waals surface area contributed by atoms with Crippen LogP contribution in [0.3, 0.4) is 0 Å². The number of pyridine rings is 1. The Morgan fingerprint density at radius 1 is 1.12 bits per heavy atom. The van der Waals surface area contributed by atoms with Crippen LogP contribution in [0.25, 0.3) is 0 Å². The van der Waals surface area contributed by atoms with Crippen molar-refractivity contribution in [2.45, 2.75) is 26.9 Å². The van der Waals surface area contributed by atoms with Gasteiger partial charge in [-0.15, -0.1) is 0 Å². The van der Waals surface area contributed by atoms with Gasteiger partial charge in [0.05, 0.1) is 20.8 Å². The van der Waals surface area contributed by atoms with Crippen molar-refractivity contribution >= 4 is 5.96 Å². The van der Waals surface area contributed by atoms with Crippen molar-refractivity contribution in [2.24, 2.45) is 4.99 Å². The maximum absolute atomic E-state index is 5.45. The summed E-state index contributed by atoms with van der Waals surface area (Å²) in [5.41, 5.74) is 3.30. The average Bonchev–Trinajstić information content (AvgIpc) is 2.64. The minimum absolute atomic E-state index is 0.541. The lowest BCUT2D eigenvalue weighted by Crippen LogP contribution is -2.36. The smallest absolute Gasteiger partial charge is 0.213 e. The molecule has 0 saturated heterocycles. The number of hydrogen-bond donors (Lipinski definition) is 2. The number of aromatic nitrogens is 1. The van der Waals surface area contributed by atoms with Gasteiger partial charge in [0.2, 0.25) is 5.88 Å². The molecule has 1 aromatic carbocycles. The minimum Gasteiger partial charge on any atom is -0.496 e. The molecule has 0 bridgehead atoms. The average molecular weight is 342 g/mol. The van der Waals surface area contributed by atoms with E-state index >= 15 is 0 Å². The molecule has 0 aliphatic carbocycles. The third-order valence-electron chi connectivity index (χ3n) is 3.66. The third kappa shape index (κ3) is 5.67. The molecule has 6 nitrogen and oxygen atoms in total. The van der Waals surface area contributed by atoms with Gasteiger partial charge >= 0.3 is 0 Å². The van der Waals surface area contributed by atoms with Gasteiger partial charge in [0.25, 0.3) is 0 Å². The van der Waals surface area contributed by atoms with Crippen molar-refractivity contribution in [3.63, 3.8) is 0 Å². The van der Waals surface area contributed by atoms with E-state index in [0.29, 0.717) is 19.0 Å². The molecular weight excluding hydrogens is 316 g/mol. The van der Waals surface area contributed by atoms with Gasteiger partial charge in [0.1, 0.15) is 5.75 Å². The zero-order valence-corrected chi connectivity index (χ0v) is 15.3. The Labute approximate surface area is 149 Å². The van der Waals surface area contributed by atoms with E-state index in [9.17, 15) is 0 Å². The molecule has 0 saturated carbocycles. The molecule has 2 rings (SSSR count). The van der Waals surface area contributed by atoms with Crippen LogP contribution in [0.15, 0.2) is 41.5 Å². The van der Waals surface area contributed by atoms with E-state index in [4.69, 9.17) is 9.47 Å². The van der Waals surface area contributed by atoms with Crippen LogP contribution < -0.4 is 20.1 Å². The molecule has 6 heteroatoms. The largest absolute Gasteiger partial charge is 0.496 e. The molecule has 134 valence electrons. The standard InChI is InChI=1S/C19H26N4O2/c1-5-20-19(22-12-15-8-9-21-18(11-15)25-4)23-13-16-7-6-14(2)10-17(16)24-3/h6-11H,5,12-13H2,1-4H3,(H2,20,22,23). The zero-order chi connectivity index (χ0) is 18.1. The molecule has 0 fully saturated rings. The second-order valence-electron chi connectivity index (χ2n) is 5.57. The summed E-state index contributed by atoms with van der Waals surface area (Å²) in [7, 11) is 3.30. The molecular formula is C19H26N4O2. The van der Waals surface area contributed by atoms with Crippen LogP contribution >= 0.6 is 0 Å². The van der Waals surface area contributed by atoms with Gasteiger partial charge in [0.15, 0.2) is 5.96 Å². The van der Waals surface area contributed by atoms with Crippen LogP contribution in [-0.4, -0.2) is 31.7 Å². The van der Waals surface area contributed by atoms with Gasteiger partial charge in [-0.3, -0.25) is 0 Å². The fourth-order valence-electron chi connectivity index (χ4n) is 2.35. The predicted molar refractivity (Wildman–Crippen MR) is 100 cm³/mol. The fourth-order valence-corrected chi connectivity index (χ4v) is 2.35. The first-order chi connectivity index (χ1) is 12.2. The molecule has 1 aromatic heterocycles. The molecule has 2 aromatic rings. The molecule has 0 unspecified atom stereocenters. The zero-order valence-electron chi connectivity index (χ0n) is 15.3. The van der Waals surface area contributed by atoms with Gasteiger partial charge < -0.3 is 20.1 Å².